The Bertz CT molecular complexity index is 256. The van der Waals surface area contributed by atoms with Crippen molar-refractivity contribution in [3.05, 3.63) is 0 Å². The summed E-state index contributed by atoms with van der Waals surface area (Å²) in [6.07, 6.45) is 8.09. The highest BCUT2D eigenvalue weighted by Gasteiger charge is 2.11. The first-order chi connectivity index (χ1) is 7.08. The second-order valence-corrected chi connectivity index (χ2v) is 5.85. The number of rotatable bonds is 5. The van der Waals surface area contributed by atoms with Crippen LogP contribution in [-0.4, -0.2) is 31.3 Å². The molecular formula is C10H21NO3S. The van der Waals surface area contributed by atoms with Gasteiger partial charge in [-0.15, -0.1) is 0 Å². The quantitative estimate of drug-likeness (QED) is 0.431. The first-order valence-corrected chi connectivity index (χ1v) is 7.37. The monoisotopic (exact) mass is 235 g/mol. The van der Waals surface area contributed by atoms with Crippen molar-refractivity contribution in [2.24, 2.45) is 0 Å². The molecule has 0 atom stereocenters. The van der Waals surface area contributed by atoms with Crippen LogP contribution >= 0.6 is 0 Å². The lowest BCUT2D eigenvalue weighted by atomic mass is 10.1. The molecule has 0 aromatic rings. The van der Waals surface area contributed by atoms with E-state index in [9.17, 15) is 8.42 Å². The van der Waals surface area contributed by atoms with Gasteiger partial charge >= 0.3 is 0 Å². The molecule has 1 saturated carbocycles. The fraction of sp³-hybridized carbons (Fsp3) is 1.00. The Kier molecular flexibility index (Phi) is 5.56. The van der Waals surface area contributed by atoms with Crippen molar-refractivity contribution in [3.63, 3.8) is 0 Å². The van der Waals surface area contributed by atoms with Gasteiger partial charge in [-0.2, -0.15) is 8.42 Å². The van der Waals surface area contributed by atoms with E-state index >= 15 is 0 Å². The van der Waals surface area contributed by atoms with Gasteiger partial charge in [0.25, 0.3) is 10.1 Å². The topological polar surface area (TPSA) is 66.4 Å². The van der Waals surface area contributed by atoms with Gasteiger partial charge in [0.1, 0.15) is 0 Å². The van der Waals surface area contributed by atoms with Crippen LogP contribution in [-0.2, 0) is 10.1 Å². The van der Waals surface area contributed by atoms with E-state index in [4.69, 9.17) is 4.55 Å². The SMILES string of the molecule is O=S(=O)(O)CCCNC1CCCCCC1. The van der Waals surface area contributed by atoms with Gasteiger partial charge in [0, 0.05) is 6.04 Å². The van der Waals surface area contributed by atoms with E-state index < -0.39 is 10.1 Å². The van der Waals surface area contributed by atoms with Crippen molar-refractivity contribution in [1.29, 1.82) is 0 Å². The van der Waals surface area contributed by atoms with Gasteiger partial charge < -0.3 is 5.32 Å². The predicted molar refractivity (Wildman–Crippen MR) is 60.5 cm³/mol. The number of hydrogen-bond acceptors (Lipinski definition) is 3. The molecule has 4 nitrogen and oxygen atoms in total. The van der Waals surface area contributed by atoms with Crippen LogP contribution in [0.25, 0.3) is 0 Å². The summed E-state index contributed by atoms with van der Waals surface area (Å²) in [4.78, 5) is 0. The molecule has 1 fully saturated rings. The Morgan fingerprint density at radius 2 is 1.73 bits per heavy atom. The van der Waals surface area contributed by atoms with Crippen molar-refractivity contribution in [1.82, 2.24) is 5.32 Å². The van der Waals surface area contributed by atoms with Crippen molar-refractivity contribution in [3.8, 4) is 0 Å². The zero-order valence-electron chi connectivity index (χ0n) is 9.11. The molecular weight excluding hydrogens is 214 g/mol. The Hall–Kier alpha value is -0.130. The zero-order chi connectivity index (χ0) is 11.1. The lowest BCUT2D eigenvalue weighted by Crippen LogP contribution is -2.30. The molecule has 5 heteroatoms. The van der Waals surface area contributed by atoms with Crippen LogP contribution in [0.2, 0.25) is 0 Å². The molecule has 1 aliphatic carbocycles. The molecule has 0 bridgehead atoms. The molecule has 1 aliphatic rings. The first-order valence-electron chi connectivity index (χ1n) is 5.76. The summed E-state index contributed by atoms with van der Waals surface area (Å²) in [5.41, 5.74) is 0. The molecule has 0 aromatic carbocycles. The van der Waals surface area contributed by atoms with Crippen molar-refractivity contribution in [2.75, 3.05) is 12.3 Å². The van der Waals surface area contributed by atoms with E-state index in [-0.39, 0.29) is 5.75 Å². The predicted octanol–water partition coefficient (Wildman–Crippen LogP) is 1.58. The maximum Gasteiger partial charge on any atom is 0.264 e. The minimum Gasteiger partial charge on any atom is -0.314 e. The second kappa shape index (κ2) is 6.45. The number of hydrogen-bond donors (Lipinski definition) is 2. The smallest absolute Gasteiger partial charge is 0.264 e. The standard InChI is InChI=1S/C10H21NO3S/c12-15(13,14)9-5-8-11-10-6-3-1-2-4-7-10/h10-11H,1-9H2,(H,12,13,14). The first kappa shape index (κ1) is 12.9. The third-order valence-electron chi connectivity index (χ3n) is 2.87. The van der Waals surface area contributed by atoms with Crippen molar-refractivity contribution >= 4 is 10.1 Å². The van der Waals surface area contributed by atoms with Gasteiger partial charge in [-0.1, -0.05) is 25.7 Å². The highest BCUT2D eigenvalue weighted by molar-refractivity contribution is 7.85. The molecule has 15 heavy (non-hydrogen) atoms. The molecule has 0 heterocycles. The fourth-order valence-electron chi connectivity index (χ4n) is 2.04. The zero-order valence-corrected chi connectivity index (χ0v) is 9.93. The van der Waals surface area contributed by atoms with Crippen LogP contribution in [0.3, 0.4) is 0 Å². The van der Waals surface area contributed by atoms with Crippen LogP contribution in [0.1, 0.15) is 44.9 Å². The van der Waals surface area contributed by atoms with Crippen LogP contribution < -0.4 is 5.32 Å². The minimum absolute atomic E-state index is 0.132. The maximum atomic E-state index is 10.5. The fourth-order valence-corrected chi connectivity index (χ4v) is 2.55. The summed E-state index contributed by atoms with van der Waals surface area (Å²) in [7, 11) is -3.77. The molecule has 90 valence electrons. The molecule has 0 radical (unpaired) electrons. The Labute approximate surface area is 92.2 Å². The third kappa shape index (κ3) is 6.87. The normalized spacial score (nSPS) is 20.1. The summed E-state index contributed by atoms with van der Waals surface area (Å²) in [5.74, 6) is -0.132. The van der Waals surface area contributed by atoms with Gasteiger partial charge in [-0.05, 0) is 25.8 Å². The molecule has 0 saturated heterocycles. The number of nitrogens with one attached hydrogen (secondary N) is 1. The second-order valence-electron chi connectivity index (χ2n) is 4.28. The Balaban J connectivity index is 2.08. The molecule has 0 aliphatic heterocycles. The average molecular weight is 235 g/mol. The molecule has 0 unspecified atom stereocenters. The van der Waals surface area contributed by atoms with E-state index in [2.05, 4.69) is 5.32 Å². The van der Waals surface area contributed by atoms with Crippen LogP contribution in [0.4, 0.5) is 0 Å². The summed E-state index contributed by atoms with van der Waals surface area (Å²) in [6, 6.07) is 0.550. The van der Waals surface area contributed by atoms with Gasteiger partial charge in [0.2, 0.25) is 0 Å². The van der Waals surface area contributed by atoms with Gasteiger partial charge in [0.15, 0.2) is 0 Å². The van der Waals surface area contributed by atoms with Gasteiger partial charge in [-0.25, -0.2) is 0 Å². The van der Waals surface area contributed by atoms with Gasteiger partial charge in [0.05, 0.1) is 5.75 Å². The Morgan fingerprint density at radius 1 is 1.13 bits per heavy atom. The summed E-state index contributed by atoms with van der Waals surface area (Å²) >= 11 is 0. The van der Waals surface area contributed by atoms with E-state index in [1.807, 2.05) is 0 Å². The molecule has 0 aromatic heterocycles. The largest absolute Gasteiger partial charge is 0.314 e. The van der Waals surface area contributed by atoms with Crippen molar-refractivity contribution in [2.45, 2.75) is 51.0 Å². The highest BCUT2D eigenvalue weighted by Crippen LogP contribution is 2.16. The molecule has 2 N–H and O–H groups in total. The van der Waals surface area contributed by atoms with Crippen LogP contribution in [0, 0.1) is 0 Å². The van der Waals surface area contributed by atoms with Crippen LogP contribution in [0.5, 0.6) is 0 Å². The Morgan fingerprint density at radius 3 is 2.27 bits per heavy atom. The molecule has 1 rings (SSSR count). The summed E-state index contributed by atoms with van der Waals surface area (Å²) in [5, 5.41) is 3.36. The summed E-state index contributed by atoms with van der Waals surface area (Å²) in [6.45, 7) is 0.685. The van der Waals surface area contributed by atoms with Gasteiger partial charge in [-0.3, -0.25) is 4.55 Å². The minimum atomic E-state index is -3.77. The van der Waals surface area contributed by atoms with Crippen LogP contribution in [0.15, 0.2) is 0 Å². The average Bonchev–Trinajstić information content (AvgIpc) is 2.39. The lowest BCUT2D eigenvalue weighted by molar-refractivity contribution is 0.452. The molecule has 0 spiro atoms. The van der Waals surface area contributed by atoms with E-state index in [1.54, 1.807) is 0 Å². The van der Waals surface area contributed by atoms with E-state index in [0.717, 1.165) is 0 Å². The molecule has 0 amide bonds. The van der Waals surface area contributed by atoms with E-state index in [0.29, 0.717) is 19.0 Å². The lowest BCUT2D eigenvalue weighted by Gasteiger charge is -2.15. The third-order valence-corrected chi connectivity index (χ3v) is 3.67. The maximum absolute atomic E-state index is 10.5. The summed E-state index contributed by atoms with van der Waals surface area (Å²) < 4.78 is 29.5. The highest BCUT2D eigenvalue weighted by atomic mass is 32.2. The van der Waals surface area contributed by atoms with E-state index in [1.165, 1.54) is 38.5 Å². The van der Waals surface area contributed by atoms with Crippen molar-refractivity contribution < 1.29 is 13.0 Å².